The third-order valence-corrected chi connectivity index (χ3v) is 3.90. The molecule has 1 aromatic rings. The van der Waals surface area contributed by atoms with Crippen LogP contribution in [0.4, 0.5) is 0 Å². The van der Waals surface area contributed by atoms with Crippen LogP contribution in [0.2, 0.25) is 0 Å². The topological polar surface area (TPSA) is 104 Å². The first kappa shape index (κ1) is 17.9. The van der Waals surface area contributed by atoms with Crippen molar-refractivity contribution in [2.24, 2.45) is 0 Å². The Morgan fingerprint density at radius 1 is 1.19 bits per heavy atom. The van der Waals surface area contributed by atoms with E-state index < -0.39 is 19.5 Å². The zero-order chi connectivity index (χ0) is 16.0. The van der Waals surface area contributed by atoms with Gasteiger partial charge >= 0.3 is 7.60 Å². The predicted molar refractivity (Wildman–Crippen MR) is 79.0 cm³/mol. The summed E-state index contributed by atoms with van der Waals surface area (Å²) in [6.07, 6.45) is 0.606. The number of hydrogen-bond donors (Lipinski definition) is 3. The summed E-state index contributed by atoms with van der Waals surface area (Å²) in [4.78, 5) is 29.6. The molecule has 21 heavy (non-hydrogen) atoms. The van der Waals surface area contributed by atoms with E-state index in [9.17, 15) is 9.36 Å². The number of rotatable bonds is 8. The molecule has 7 heteroatoms. The smallest absolute Gasteiger partial charge is 0.333 e. The number of ketones is 1. The summed E-state index contributed by atoms with van der Waals surface area (Å²) in [6, 6.07) is 3.16. The first-order chi connectivity index (χ1) is 9.76. The van der Waals surface area contributed by atoms with Gasteiger partial charge in [0.25, 0.3) is 0 Å². The Morgan fingerprint density at radius 3 is 2.43 bits per heavy atom. The lowest BCUT2D eigenvalue weighted by atomic mass is 10.00. The van der Waals surface area contributed by atoms with Crippen LogP contribution in [0.1, 0.15) is 34.3 Å². The summed E-state index contributed by atoms with van der Waals surface area (Å²) < 4.78 is 16.5. The minimum absolute atomic E-state index is 0.122. The van der Waals surface area contributed by atoms with E-state index in [2.05, 4.69) is 0 Å². The number of Topliss-reactive ketones (excluding diaryl/α,β-unsaturated/α-hetero) is 1. The first-order valence-electron chi connectivity index (χ1n) is 6.68. The van der Waals surface area contributed by atoms with E-state index in [1.54, 1.807) is 19.9 Å². The lowest BCUT2D eigenvalue weighted by Gasteiger charge is -2.14. The minimum Gasteiger partial charge on any atom is -0.493 e. The molecule has 0 aliphatic rings. The summed E-state index contributed by atoms with van der Waals surface area (Å²) in [7, 11) is -4.36. The fourth-order valence-electron chi connectivity index (χ4n) is 1.92. The molecule has 0 aromatic heterocycles. The van der Waals surface area contributed by atoms with Gasteiger partial charge in [0.15, 0.2) is 5.78 Å². The van der Waals surface area contributed by atoms with Gasteiger partial charge < -0.3 is 19.6 Å². The van der Waals surface area contributed by atoms with E-state index in [1.807, 2.05) is 0 Å². The largest absolute Gasteiger partial charge is 0.493 e. The maximum Gasteiger partial charge on any atom is 0.333 e. The highest BCUT2D eigenvalue weighted by Gasteiger charge is 2.22. The van der Waals surface area contributed by atoms with Crippen LogP contribution in [0.3, 0.4) is 0 Å². The maximum atomic E-state index is 11.9. The Morgan fingerprint density at radius 2 is 1.86 bits per heavy atom. The van der Waals surface area contributed by atoms with E-state index in [4.69, 9.17) is 19.6 Å². The van der Waals surface area contributed by atoms with Crippen LogP contribution in [0.5, 0.6) is 5.75 Å². The van der Waals surface area contributed by atoms with E-state index in [0.29, 0.717) is 29.9 Å². The Bertz CT molecular complexity index is 549. The molecular weight excluding hydrogens is 295 g/mol. The highest BCUT2D eigenvalue weighted by molar-refractivity contribution is 7.52. The highest BCUT2D eigenvalue weighted by Crippen LogP contribution is 2.36. The normalized spacial score (nSPS) is 11.5. The van der Waals surface area contributed by atoms with Crippen LogP contribution in [0, 0.1) is 13.8 Å². The molecule has 0 atom stereocenters. The summed E-state index contributed by atoms with van der Waals surface area (Å²) in [5, 5.41) is 8.70. The van der Waals surface area contributed by atoms with Crippen molar-refractivity contribution in [2.75, 3.05) is 19.4 Å². The van der Waals surface area contributed by atoms with E-state index in [0.717, 1.165) is 12.0 Å². The Kier molecular flexibility index (Phi) is 6.55. The Labute approximate surface area is 123 Å². The summed E-state index contributed by atoms with van der Waals surface area (Å²) >= 11 is 0. The van der Waals surface area contributed by atoms with E-state index >= 15 is 0 Å². The zero-order valence-electron chi connectivity index (χ0n) is 12.2. The van der Waals surface area contributed by atoms with Gasteiger partial charge in [0.1, 0.15) is 11.9 Å². The molecule has 0 radical (unpaired) electrons. The quantitative estimate of drug-likeness (QED) is 0.384. The SMILES string of the molecule is Cc1c(OCCCCO)ccc(C(=O)CP(=O)(O)O)c1C. The average molecular weight is 316 g/mol. The van der Waals surface area contributed by atoms with Crippen LogP contribution in [-0.4, -0.2) is 40.1 Å². The zero-order valence-corrected chi connectivity index (χ0v) is 13.1. The van der Waals surface area contributed by atoms with Crippen molar-refractivity contribution in [3.8, 4) is 5.75 Å². The van der Waals surface area contributed by atoms with Crippen molar-refractivity contribution >= 4 is 13.4 Å². The Hall–Kier alpha value is -1.20. The van der Waals surface area contributed by atoms with Crippen LogP contribution in [0.25, 0.3) is 0 Å². The molecule has 118 valence electrons. The molecule has 0 bridgehead atoms. The maximum absolute atomic E-state index is 11.9. The van der Waals surface area contributed by atoms with Gasteiger partial charge in [-0.1, -0.05) is 0 Å². The van der Waals surface area contributed by atoms with Gasteiger partial charge in [-0.3, -0.25) is 9.36 Å². The van der Waals surface area contributed by atoms with Gasteiger partial charge in [0, 0.05) is 12.2 Å². The molecule has 1 aromatic carbocycles. The van der Waals surface area contributed by atoms with Crippen LogP contribution < -0.4 is 4.74 Å². The summed E-state index contributed by atoms with van der Waals surface area (Å²) in [5.41, 5.74) is 1.74. The number of aliphatic hydroxyl groups is 1. The molecule has 0 fully saturated rings. The number of carbonyl (C=O) groups excluding carboxylic acids is 1. The number of hydrogen-bond acceptors (Lipinski definition) is 4. The number of carbonyl (C=O) groups is 1. The van der Waals surface area contributed by atoms with Crippen molar-refractivity contribution in [1.29, 1.82) is 0 Å². The van der Waals surface area contributed by atoms with Gasteiger partial charge in [-0.15, -0.1) is 0 Å². The number of benzene rings is 1. The second kappa shape index (κ2) is 7.71. The van der Waals surface area contributed by atoms with Crippen LogP contribution in [0.15, 0.2) is 12.1 Å². The first-order valence-corrected chi connectivity index (χ1v) is 8.47. The molecule has 6 nitrogen and oxygen atoms in total. The standard InChI is InChI=1S/C14H21O6P/c1-10-11(2)14(20-8-4-3-7-15)6-5-12(10)13(16)9-21(17,18)19/h5-6,15H,3-4,7-9H2,1-2H3,(H2,17,18,19). The van der Waals surface area contributed by atoms with Crippen molar-refractivity contribution < 1.29 is 29.0 Å². The molecule has 0 aliphatic carbocycles. The predicted octanol–water partition coefficient (Wildman–Crippen LogP) is 1.82. The van der Waals surface area contributed by atoms with E-state index in [1.165, 1.54) is 6.07 Å². The second-order valence-electron chi connectivity index (χ2n) is 4.89. The molecule has 0 heterocycles. The molecule has 0 saturated heterocycles. The number of unbranched alkanes of at least 4 members (excludes halogenated alkanes) is 1. The van der Waals surface area contributed by atoms with Gasteiger partial charge in [0.2, 0.25) is 0 Å². The second-order valence-corrected chi connectivity index (χ2v) is 6.53. The van der Waals surface area contributed by atoms with Crippen molar-refractivity contribution in [3.05, 3.63) is 28.8 Å². The minimum atomic E-state index is -4.36. The molecule has 3 N–H and O–H groups in total. The molecule has 0 amide bonds. The monoisotopic (exact) mass is 316 g/mol. The number of aliphatic hydroxyl groups excluding tert-OH is 1. The fraction of sp³-hybridized carbons (Fsp3) is 0.500. The van der Waals surface area contributed by atoms with E-state index in [-0.39, 0.29) is 6.61 Å². The lowest BCUT2D eigenvalue weighted by molar-refractivity contribution is 0.101. The summed E-state index contributed by atoms with van der Waals surface area (Å²) in [6.45, 7) is 4.11. The highest BCUT2D eigenvalue weighted by atomic mass is 31.2. The number of ether oxygens (including phenoxy) is 1. The third kappa shape index (κ3) is 5.59. The molecule has 0 unspecified atom stereocenters. The van der Waals surface area contributed by atoms with Crippen molar-refractivity contribution in [3.63, 3.8) is 0 Å². The molecular formula is C14H21O6P. The summed E-state index contributed by atoms with van der Waals surface area (Å²) in [5.74, 6) is 0.0638. The van der Waals surface area contributed by atoms with Gasteiger partial charge in [-0.2, -0.15) is 0 Å². The average Bonchev–Trinajstić information content (AvgIpc) is 2.37. The van der Waals surface area contributed by atoms with Crippen molar-refractivity contribution in [1.82, 2.24) is 0 Å². The lowest BCUT2D eigenvalue weighted by Crippen LogP contribution is -2.10. The van der Waals surface area contributed by atoms with Crippen LogP contribution >= 0.6 is 7.60 Å². The molecule has 0 aliphatic heterocycles. The van der Waals surface area contributed by atoms with Crippen LogP contribution in [-0.2, 0) is 4.57 Å². The van der Waals surface area contributed by atoms with Gasteiger partial charge in [0.05, 0.1) is 6.61 Å². The molecule has 0 spiro atoms. The Balaban J connectivity index is 2.85. The molecule has 1 rings (SSSR count). The third-order valence-electron chi connectivity index (χ3n) is 3.20. The van der Waals surface area contributed by atoms with Crippen molar-refractivity contribution in [2.45, 2.75) is 26.7 Å². The van der Waals surface area contributed by atoms with Gasteiger partial charge in [-0.05, 0) is 49.9 Å². The fourth-order valence-corrected chi connectivity index (χ4v) is 2.47. The van der Waals surface area contributed by atoms with Gasteiger partial charge in [-0.25, -0.2) is 0 Å². The molecule has 0 saturated carbocycles.